The second kappa shape index (κ2) is 4.12. The predicted molar refractivity (Wildman–Crippen MR) is 60.2 cm³/mol. The highest BCUT2D eigenvalue weighted by Crippen LogP contribution is 2.29. The van der Waals surface area contributed by atoms with E-state index in [2.05, 4.69) is 17.2 Å². The van der Waals surface area contributed by atoms with Crippen LogP contribution in [0.3, 0.4) is 0 Å². The molecule has 1 aromatic heterocycles. The maximum absolute atomic E-state index is 11.9. The Bertz CT molecular complexity index is 398. The summed E-state index contributed by atoms with van der Waals surface area (Å²) in [6.45, 7) is 2.05. The van der Waals surface area contributed by atoms with E-state index in [0.29, 0.717) is 5.56 Å². The highest BCUT2D eigenvalue weighted by Gasteiger charge is 2.30. The van der Waals surface area contributed by atoms with Gasteiger partial charge in [-0.3, -0.25) is 9.78 Å². The van der Waals surface area contributed by atoms with Crippen LogP contribution in [0.15, 0.2) is 18.5 Å². The second-order valence-corrected chi connectivity index (χ2v) is 4.61. The molecule has 0 aromatic carbocycles. The average Bonchev–Trinajstić information content (AvgIpc) is 2.65. The Morgan fingerprint density at radius 2 is 2.19 bits per heavy atom. The highest BCUT2D eigenvalue weighted by atomic mass is 16.3. The fourth-order valence-corrected chi connectivity index (χ4v) is 2.20. The van der Waals surface area contributed by atoms with Gasteiger partial charge in [-0.05, 0) is 25.8 Å². The van der Waals surface area contributed by atoms with Crippen molar-refractivity contribution < 1.29 is 9.90 Å². The van der Waals surface area contributed by atoms with Crippen molar-refractivity contribution >= 4 is 5.91 Å². The molecule has 0 atom stereocenters. The number of aromatic nitrogens is 1. The predicted octanol–water partition coefficient (Wildman–Crippen LogP) is 1.85. The third-order valence-corrected chi connectivity index (χ3v) is 3.17. The molecule has 4 nitrogen and oxygen atoms in total. The van der Waals surface area contributed by atoms with E-state index in [1.54, 1.807) is 0 Å². The quantitative estimate of drug-likeness (QED) is 0.799. The molecule has 0 bridgehead atoms. The number of nitrogens with zero attached hydrogens (tertiary/aromatic N) is 1. The van der Waals surface area contributed by atoms with Crippen molar-refractivity contribution in [1.29, 1.82) is 0 Å². The van der Waals surface area contributed by atoms with E-state index >= 15 is 0 Å². The molecule has 1 heterocycles. The Labute approximate surface area is 94.7 Å². The van der Waals surface area contributed by atoms with Gasteiger partial charge in [0.05, 0.1) is 11.8 Å². The van der Waals surface area contributed by atoms with Crippen LogP contribution in [0.25, 0.3) is 0 Å². The number of amides is 1. The van der Waals surface area contributed by atoms with Crippen molar-refractivity contribution in [2.45, 2.75) is 38.1 Å². The van der Waals surface area contributed by atoms with Crippen molar-refractivity contribution in [2.75, 3.05) is 0 Å². The smallest absolute Gasteiger partial charge is 0.255 e. The lowest BCUT2D eigenvalue weighted by atomic mass is 10.00. The van der Waals surface area contributed by atoms with Gasteiger partial charge in [-0.2, -0.15) is 0 Å². The zero-order valence-electron chi connectivity index (χ0n) is 9.36. The monoisotopic (exact) mass is 220 g/mol. The molecule has 2 N–H and O–H groups in total. The van der Waals surface area contributed by atoms with E-state index in [-0.39, 0.29) is 17.2 Å². The number of pyridine rings is 1. The summed E-state index contributed by atoms with van der Waals surface area (Å²) in [4.78, 5) is 15.7. The normalized spacial score (nSPS) is 18.3. The highest BCUT2D eigenvalue weighted by molar-refractivity contribution is 5.97. The molecule has 1 fully saturated rings. The van der Waals surface area contributed by atoms with Gasteiger partial charge in [0.15, 0.2) is 0 Å². The van der Waals surface area contributed by atoms with Crippen molar-refractivity contribution in [2.24, 2.45) is 0 Å². The molecule has 2 rings (SSSR count). The summed E-state index contributed by atoms with van der Waals surface area (Å²) in [5, 5.41) is 12.5. The number of aromatic hydroxyl groups is 1. The Balaban J connectivity index is 2.11. The van der Waals surface area contributed by atoms with Gasteiger partial charge in [-0.15, -0.1) is 0 Å². The van der Waals surface area contributed by atoms with Gasteiger partial charge >= 0.3 is 0 Å². The van der Waals surface area contributed by atoms with Crippen LogP contribution >= 0.6 is 0 Å². The molecule has 0 spiro atoms. The van der Waals surface area contributed by atoms with Crippen molar-refractivity contribution in [3.8, 4) is 5.75 Å². The summed E-state index contributed by atoms with van der Waals surface area (Å²) >= 11 is 0. The van der Waals surface area contributed by atoms with Gasteiger partial charge in [0.2, 0.25) is 0 Å². The molecular weight excluding hydrogens is 204 g/mol. The molecule has 86 valence electrons. The van der Waals surface area contributed by atoms with Crippen molar-refractivity contribution in [3.05, 3.63) is 24.0 Å². The largest absolute Gasteiger partial charge is 0.505 e. The topological polar surface area (TPSA) is 62.2 Å². The minimum atomic E-state index is -0.218. The molecule has 1 aliphatic rings. The van der Waals surface area contributed by atoms with Crippen LogP contribution in [-0.4, -0.2) is 21.5 Å². The zero-order chi connectivity index (χ0) is 11.6. The van der Waals surface area contributed by atoms with E-state index < -0.39 is 0 Å². The molecule has 1 aliphatic carbocycles. The van der Waals surface area contributed by atoms with E-state index in [0.717, 1.165) is 25.7 Å². The van der Waals surface area contributed by atoms with Gasteiger partial charge in [-0.25, -0.2) is 0 Å². The van der Waals surface area contributed by atoms with Crippen LogP contribution in [0.4, 0.5) is 0 Å². The number of hydrogen-bond donors (Lipinski definition) is 2. The van der Waals surface area contributed by atoms with E-state index in [1.165, 1.54) is 18.5 Å². The number of carbonyl (C=O) groups is 1. The van der Waals surface area contributed by atoms with Gasteiger partial charge in [-0.1, -0.05) is 12.8 Å². The standard InChI is InChI=1S/C12H16N2O2/c1-12(5-2-3-6-12)14-11(16)9-4-7-13-8-10(9)15/h4,7-8,15H,2-3,5-6H2,1H3,(H,14,16). The minimum absolute atomic E-state index is 0.0680. The lowest BCUT2D eigenvalue weighted by Crippen LogP contribution is -2.43. The molecule has 0 radical (unpaired) electrons. The van der Waals surface area contributed by atoms with Crippen molar-refractivity contribution in [3.63, 3.8) is 0 Å². The van der Waals surface area contributed by atoms with Gasteiger partial charge in [0.25, 0.3) is 5.91 Å². The van der Waals surface area contributed by atoms with E-state index in [9.17, 15) is 9.90 Å². The average molecular weight is 220 g/mol. The first kappa shape index (κ1) is 10.9. The Kier molecular flexibility index (Phi) is 2.81. The molecule has 0 unspecified atom stereocenters. The van der Waals surface area contributed by atoms with Crippen LogP contribution in [0.2, 0.25) is 0 Å². The lowest BCUT2D eigenvalue weighted by Gasteiger charge is -2.25. The zero-order valence-corrected chi connectivity index (χ0v) is 9.36. The second-order valence-electron chi connectivity index (χ2n) is 4.61. The Morgan fingerprint density at radius 3 is 2.81 bits per heavy atom. The molecule has 0 aliphatic heterocycles. The maximum atomic E-state index is 11.9. The Morgan fingerprint density at radius 1 is 1.50 bits per heavy atom. The van der Waals surface area contributed by atoms with Crippen LogP contribution in [0.5, 0.6) is 5.75 Å². The van der Waals surface area contributed by atoms with Crippen LogP contribution < -0.4 is 5.32 Å². The summed E-state index contributed by atoms with van der Waals surface area (Å²) in [5.74, 6) is -0.286. The number of hydrogen-bond acceptors (Lipinski definition) is 3. The van der Waals surface area contributed by atoms with Gasteiger partial charge < -0.3 is 10.4 Å². The Hall–Kier alpha value is -1.58. The lowest BCUT2D eigenvalue weighted by molar-refractivity contribution is 0.0905. The van der Waals surface area contributed by atoms with E-state index in [1.807, 2.05) is 0 Å². The third-order valence-electron chi connectivity index (χ3n) is 3.17. The fraction of sp³-hybridized carbons (Fsp3) is 0.500. The molecule has 1 aromatic rings. The van der Waals surface area contributed by atoms with Crippen LogP contribution in [-0.2, 0) is 0 Å². The summed E-state index contributed by atoms with van der Waals surface area (Å²) < 4.78 is 0. The fourth-order valence-electron chi connectivity index (χ4n) is 2.20. The first-order chi connectivity index (χ1) is 7.61. The summed E-state index contributed by atoms with van der Waals surface area (Å²) in [7, 11) is 0. The molecule has 0 saturated heterocycles. The summed E-state index contributed by atoms with van der Waals surface area (Å²) in [6.07, 6.45) is 7.10. The number of rotatable bonds is 2. The summed E-state index contributed by atoms with van der Waals surface area (Å²) in [6, 6.07) is 1.53. The summed E-state index contributed by atoms with van der Waals surface area (Å²) in [5.41, 5.74) is 0.176. The van der Waals surface area contributed by atoms with E-state index in [4.69, 9.17) is 0 Å². The third kappa shape index (κ3) is 2.15. The molecule has 16 heavy (non-hydrogen) atoms. The number of nitrogens with one attached hydrogen (secondary N) is 1. The van der Waals surface area contributed by atoms with Crippen LogP contribution in [0.1, 0.15) is 43.0 Å². The molecule has 4 heteroatoms. The molecular formula is C12H16N2O2. The van der Waals surface area contributed by atoms with Gasteiger partial charge in [0.1, 0.15) is 5.75 Å². The van der Waals surface area contributed by atoms with Gasteiger partial charge in [0, 0.05) is 11.7 Å². The maximum Gasteiger partial charge on any atom is 0.255 e. The first-order valence-electron chi connectivity index (χ1n) is 5.56. The SMILES string of the molecule is CC1(NC(=O)c2ccncc2O)CCCC1. The number of carbonyl (C=O) groups excluding carboxylic acids is 1. The van der Waals surface area contributed by atoms with Crippen LogP contribution in [0, 0.1) is 0 Å². The molecule has 1 saturated carbocycles. The molecule has 1 amide bonds. The minimum Gasteiger partial charge on any atom is -0.505 e. The van der Waals surface area contributed by atoms with Crippen molar-refractivity contribution in [1.82, 2.24) is 10.3 Å². The first-order valence-corrected chi connectivity index (χ1v) is 5.56.